The Morgan fingerprint density at radius 2 is 2.53 bits per heavy atom. The Kier molecular flexibility index (Phi) is 4.30. The first-order valence-electron chi connectivity index (χ1n) is 6.03. The Balaban J connectivity index is 1.98. The van der Waals surface area contributed by atoms with Gasteiger partial charge in [-0.05, 0) is 25.5 Å². The Labute approximate surface area is 102 Å². The molecule has 2 heterocycles. The second-order valence-electron chi connectivity index (χ2n) is 4.45. The van der Waals surface area contributed by atoms with Crippen molar-refractivity contribution in [3.63, 3.8) is 0 Å². The van der Waals surface area contributed by atoms with E-state index in [4.69, 9.17) is 10.6 Å². The van der Waals surface area contributed by atoms with Crippen LogP contribution in [0.4, 0.5) is 5.69 Å². The van der Waals surface area contributed by atoms with Crippen LogP contribution in [0.5, 0.6) is 0 Å². The van der Waals surface area contributed by atoms with Gasteiger partial charge in [0, 0.05) is 32.4 Å². The van der Waals surface area contributed by atoms with Crippen LogP contribution in [0.15, 0.2) is 18.3 Å². The molecule has 1 unspecified atom stereocenters. The molecule has 0 saturated carbocycles. The van der Waals surface area contributed by atoms with Gasteiger partial charge in [-0.1, -0.05) is 0 Å². The number of hydrogen-bond donors (Lipinski definition) is 2. The van der Waals surface area contributed by atoms with Crippen molar-refractivity contribution in [2.24, 2.45) is 5.84 Å². The van der Waals surface area contributed by atoms with E-state index in [-0.39, 0.29) is 0 Å². The highest BCUT2D eigenvalue weighted by molar-refractivity contribution is 5.41. The van der Waals surface area contributed by atoms with Crippen LogP contribution in [0.1, 0.15) is 19.0 Å². The molecule has 5 heteroatoms. The van der Waals surface area contributed by atoms with Gasteiger partial charge in [0.05, 0.1) is 17.5 Å². The van der Waals surface area contributed by atoms with Crippen molar-refractivity contribution in [2.75, 3.05) is 25.1 Å². The molecule has 1 aromatic heterocycles. The number of nitrogens with two attached hydrogens (primary N) is 1. The molecule has 94 valence electrons. The molecule has 0 spiro atoms. The lowest BCUT2D eigenvalue weighted by Crippen LogP contribution is -2.30. The van der Waals surface area contributed by atoms with E-state index in [0.717, 1.165) is 44.0 Å². The highest BCUT2D eigenvalue weighted by Crippen LogP contribution is 2.12. The molecule has 0 radical (unpaired) electrons. The van der Waals surface area contributed by atoms with Gasteiger partial charge < -0.3 is 10.2 Å². The largest absolute Gasteiger partial charge is 0.377 e. The third-order valence-electron chi connectivity index (χ3n) is 2.91. The molecule has 2 rings (SSSR count). The first-order valence-corrected chi connectivity index (χ1v) is 6.03. The zero-order valence-corrected chi connectivity index (χ0v) is 10.2. The lowest BCUT2D eigenvalue weighted by atomic mass is 10.2. The van der Waals surface area contributed by atoms with Crippen LogP contribution < -0.4 is 11.3 Å². The summed E-state index contributed by atoms with van der Waals surface area (Å²) in [5.74, 6) is 5.39. The van der Waals surface area contributed by atoms with Crippen LogP contribution >= 0.6 is 0 Å². The maximum Gasteiger partial charge on any atom is 0.0674 e. The van der Waals surface area contributed by atoms with E-state index in [9.17, 15) is 0 Å². The molecule has 1 aliphatic rings. The van der Waals surface area contributed by atoms with E-state index >= 15 is 0 Å². The first kappa shape index (κ1) is 12.3. The van der Waals surface area contributed by atoms with E-state index in [2.05, 4.69) is 22.2 Å². The van der Waals surface area contributed by atoms with Gasteiger partial charge in [-0.2, -0.15) is 0 Å². The Bertz CT molecular complexity index is 358. The smallest absolute Gasteiger partial charge is 0.0674 e. The average molecular weight is 236 g/mol. The minimum Gasteiger partial charge on any atom is -0.377 e. The summed E-state index contributed by atoms with van der Waals surface area (Å²) < 4.78 is 5.62. The minimum atomic E-state index is 0.299. The third kappa shape index (κ3) is 3.66. The average Bonchev–Trinajstić information content (AvgIpc) is 2.54. The highest BCUT2D eigenvalue weighted by atomic mass is 16.5. The fraction of sp³-hybridized carbons (Fsp3) is 0.583. The van der Waals surface area contributed by atoms with Gasteiger partial charge in [0.2, 0.25) is 0 Å². The first-order chi connectivity index (χ1) is 8.28. The number of nitrogens with zero attached hydrogens (tertiary/aromatic N) is 2. The third-order valence-corrected chi connectivity index (χ3v) is 2.91. The van der Waals surface area contributed by atoms with Gasteiger partial charge in [0.1, 0.15) is 0 Å². The SMILES string of the molecule is CC1CN(Cc2cc(NN)ccn2)CCCO1. The van der Waals surface area contributed by atoms with E-state index < -0.39 is 0 Å². The predicted molar refractivity (Wildman–Crippen MR) is 67.4 cm³/mol. The van der Waals surface area contributed by atoms with Crippen molar-refractivity contribution < 1.29 is 4.74 Å². The molecule has 17 heavy (non-hydrogen) atoms. The summed E-state index contributed by atoms with van der Waals surface area (Å²) in [6, 6.07) is 3.84. The number of nitrogen functional groups attached to an aromatic ring is 1. The van der Waals surface area contributed by atoms with Gasteiger partial charge in [0.15, 0.2) is 0 Å². The van der Waals surface area contributed by atoms with Crippen molar-refractivity contribution in [1.82, 2.24) is 9.88 Å². The molecule has 0 aromatic carbocycles. The second-order valence-corrected chi connectivity index (χ2v) is 4.45. The van der Waals surface area contributed by atoms with Crippen LogP contribution in [0.3, 0.4) is 0 Å². The standard InChI is InChI=1S/C12H20N4O/c1-10-8-16(5-2-6-17-10)9-12-7-11(15-13)3-4-14-12/h3-4,7,10H,2,5-6,8-9,13H2,1H3,(H,14,15). The number of nitrogens with one attached hydrogen (secondary N) is 1. The molecule has 1 fully saturated rings. The lowest BCUT2D eigenvalue weighted by Gasteiger charge is -2.21. The van der Waals surface area contributed by atoms with Crippen LogP contribution in [0.25, 0.3) is 0 Å². The number of aromatic nitrogens is 1. The van der Waals surface area contributed by atoms with Crippen molar-refractivity contribution in [3.05, 3.63) is 24.0 Å². The normalized spacial score (nSPS) is 22.1. The summed E-state index contributed by atoms with van der Waals surface area (Å²) in [4.78, 5) is 6.73. The van der Waals surface area contributed by atoms with Gasteiger partial charge in [-0.15, -0.1) is 0 Å². The summed E-state index contributed by atoms with van der Waals surface area (Å²) in [6.45, 7) is 5.84. The van der Waals surface area contributed by atoms with E-state index in [1.54, 1.807) is 6.20 Å². The van der Waals surface area contributed by atoms with Crippen LogP contribution in [0, 0.1) is 0 Å². The van der Waals surface area contributed by atoms with Crippen LogP contribution in [0.2, 0.25) is 0 Å². The number of anilines is 1. The number of ether oxygens (including phenoxy) is 1. The van der Waals surface area contributed by atoms with E-state index in [0.29, 0.717) is 6.10 Å². The van der Waals surface area contributed by atoms with Gasteiger partial charge in [-0.25, -0.2) is 0 Å². The Morgan fingerprint density at radius 3 is 3.35 bits per heavy atom. The van der Waals surface area contributed by atoms with Crippen LogP contribution in [-0.4, -0.2) is 35.7 Å². The van der Waals surface area contributed by atoms with Gasteiger partial charge in [0.25, 0.3) is 0 Å². The lowest BCUT2D eigenvalue weighted by molar-refractivity contribution is 0.0666. The molecule has 1 aliphatic heterocycles. The van der Waals surface area contributed by atoms with Crippen molar-refractivity contribution in [1.29, 1.82) is 0 Å². The van der Waals surface area contributed by atoms with Crippen molar-refractivity contribution in [3.8, 4) is 0 Å². The Hall–Kier alpha value is -1.17. The summed E-state index contributed by atoms with van der Waals surface area (Å²) >= 11 is 0. The number of hydrazine groups is 1. The predicted octanol–water partition coefficient (Wildman–Crippen LogP) is 0.978. The molecule has 3 N–H and O–H groups in total. The Morgan fingerprint density at radius 1 is 1.65 bits per heavy atom. The quantitative estimate of drug-likeness (QED) is 0.605. The van der Waals surface area contributed by atoms with E-state index in [1.165, 1.54) is 0 Å². The van der Waals surface area contributed by atoms with Gasteiger partial charge in [-0.3, -0.25) is 15.7 Å². The van der Waals surface area contributed by atoms with Crippen LogP contribution in [-0.2, 0) is 11.3 Å². The second kappa shape index (κ2) is 5.95. The fourth-order valence-electron chi connectivity index (χ4n) is 2.11. The topological polar surface area (TPSA) is 63.4 Å². The molecule has 1 aromatic rings. The molecule has 0 amide bonds. The number of rotatable bonds is 3. The maximum atomic E-state index is 5.62. The molecular weight excluding hydrogens is 216 g/mol. The molecular formula is C12H20N4O. The molecule has 1 saturated heterocycles. The molecule has 5 nitrogen and oxygen atoms in total. The number of pyridine rings is 1. The highest BCUT2D eigenvalue weighted by Gasteiger charge is 2.15. The zero-order valence-electron chi connectivity index (χ0n) is 10.2. The molecule has 1 atom stereocenters. The molecule has 0 aliphatic carbocycles. The summed E-state index contributed by atoms with van der Waals surface area (Å²) in [5.41, 5.74) is 4.58. The summed E-state index contributed by atoms with van der Waals surface area (Å²) in [6.07, 6.45) is 3.16. The monoisotopic (exact) mass is 236 g/mol. The minimum absolute atomic E-state index is 0.299. The maximum absolute atomic E-state index is 5.62. The zero-order chi connectivity index (χ0) is 12.1. The summed E-state index contributed by atoms with van der Waals surface area (Å²) in [7, 11) is 0. The van der Waals surface area contributed by atoms with E-state index in [1.807, 2.05) is 12.1 Å². The van der Waals surface area contributed by atoms with Crippen molar-refractivity contribution >= 4 is 5.69 Å². The summed E-state index contributed by atoms with van der Waals surface area (Å²) in [5, 5.41) is 0. The van der Waals surface area contributed by atoms with Gasteiger partial charge >= 0.3 is 0 Å². The number of hydrogen-bond acceptors (Lipinski definition) is 5. The fourth-order valence-corrected chi connectivity index (χ4v) is 2.11. The van der Waals surface area contributed by atoms with Crippen molar-refractivity contribution in [2.45, 2.75) is 26.0 Å². The molecule has 0 bridgehead atoms.